The molecule has 4 rings (SSSR count). The first kappa shape index (κ1) is 25.2. The summed E-state index contributed by atoms with van der Waals surface area (Å²) < 4.78 is 17.9. The standard InChI is InChI=1S/C22H24N4O10/c1-9-10(15-16(25(9)2)11(28)6-12(34-3)17(15)29)8-35-22(33)24-14-4-5-26(21(32)23-14)20-19(31)18(30)13(7-27)36-20/h4-6,13,18-20,27,30-31H,7-8H2,1-3H3,(H,23,24,32,33)/t13-,18-,19+,20-/m1/s1. The Morgan fingerprint density at radius 1 is 1.25 bits per heavy atom. The van der Waals surface area contributed by atoms with Gasteiger partial charge in [0.1, 0.15) is 36.4 Å². The van der Waals surface area contributed by atoms with E-state index < -0.39 is 54.5 Å². The highest BCUT2D eigenvalue weighted by Gasteiger charge is 2.43. The minimum atomic E-state index is -1.48. The number of ether oxygens (including phenoxy) is 3. The molecule has 4 N–H and O–H groups in total. The maximum Gasteiger partial charge on any atom is 0.413 e. The molecule has 2 aromatic rings. The Morgan fingerprint density at radius 2 is 1.97 bits per heavy atom. The summed E-state index contributed by atoms with van der Waals surface area (Å²) in [5, 5.41) is 31.4. The van der Waals surface area contributed by atoms with Crippen LogP contribution in [0.4, 0.5) is 10.6 Å². The molecule has 14 heteroatoms. The number of anilines is 1. The fourth-order valence-corrected chi connectivity index (χ4v) is 4.16. The number of hydrogen-bond acceptors (Lipinski definition) is 11. The van der Waals surface area contributed by atoms with Crippen LogP contribution in [0.25, 0.3) is 0 Å². The molecule has 0 unspecified atom stereocenters. The van der Waals surface area contributed by atoms with Gasteiger partial charge in [-0.1, -0.05) is 0 Å². The van der Waals surface area contributed by atoms with Crippen molar-refractivity contribution in [2.24, 2.45) is 7.05 Å². The number of Topliss-reactive ketones (excluding diaryl/α,β-unsaturated/α-hetero) is 1. The van der Waals surface area contributed by atoms with Gasteiger partial charge in [-0.15, -0.1) is 0 Å². The second-order valence-corrected chi connectivity index (χ2v) is 8.19. The molecule has 1 aliphatic heterocycles. The molecule has 2 aromatic heterocycles. The van der Waals surface area contributed by atoms with E-state index >= 15 is 0 Å². The van der Waals surface area contributed by atoms with E-state index in [-0.39, 0.29) is 29.4 Å². The van der Waals surface area contributed by atoms with Crippen molar-refractivity contribution in [2.45, 2.75) is 38.1 Å². The van der Waals surface area contributed by atoms with Gasteiger partial charge in [-0.3, -0.25) is 19.5 Å². The number of nitrogens with one attached hydrogen (secondary N) is 1. The highest BCUT2D eigenvalue weighted by atomic mass is 16.6. The van der Waals surface area contributed by atoms with Crippen LogP contribution in [0.1, 0.15) is 38.3 Å². The summed E-state index contributed by atoms with van der Waals surface area (Å²) in [7, 11) is 2.88. The van der Waals surface area contributed by atoms with E-state index in [0.29, 0.717) is 11.3 Å². The first-order chi connectivity index (χ1) is 17.1. The number of amides is 1. The molecule has 1 amide bonds. The smallest absolute Gasteiger partial charge is 0.413 e. The van der Waals surface area contributed by atoms with Gasteiger partial charge in [-0.25, -0.2) is 9.59 Å². The lowest BCUT2D eigenvalue weighted by molar-refractivity contribution is -0.0549. The minimum absolute atomic E-state index is 0.0892. The number of ketones is 2. The molecule has 0 bridgehead atoms. The van der Waals surface area contributed by atoms with Crippen molar-refractivity contribution in [1.82, 2.24) is 14.1 Å². The lowest BCUT2D eigenvalue weighted by Gasteiger charge is -2.17. The Labute approximate surface area is 203 Å². The van der Waals surface area contributed by atoms with Crippen LogP contribution in [0.2, 0.25) is 0 Å². The number of nitrogens with zero attached hydrogens (tertiary/aromatic N) is 3. The van der Waals surface area contributed by atoms with Crippen LogP contribution >= 0.6 is 0 Å². The molecule has 4 atom stereocenters. The number of rotatable bonds is 6. The van der Waals surface area contributed by atoms with Crippen molar-refractivity contribution in [3.05, 3.63) is 57.1 Å². The highest BCUT2D eigenvalue weighted by molar-refractivity contribution is 6.24. The summed E-state index contributed by atoms with van der Waals surface area (Å²) in [5.41, 5.74) is 0.216. The van der Waals surface area contributed by atoms with E-state index in [1.54, 1.807) is 14.0 Å². The third-order valence-electron chi connectivity index (χ3n) is 6.18. The van der Waals surface area contributed by atoms with Crippen LogP contribution in [-0.4, -0.2) is 79.1 Å². The molecule has 2 aliphatic rings. The molecule has 1 saturated heterocycles. The topological polar surface area (TPSA) is 191 Å². The summed E-state index contributed by atoms with van der Waals surface area (Å²) in [6, 6.07) is 1.24. The van der Waals surface area contributed by atoms with Crippen molar-refractivity contribution in [1.29, 1.82) is 0 Å². The summed E-state index contributed by atoms with van der Waals surface area (Å²) in [4.78, 5) is 53.7. The number of aromatic nitrogens is 3. The number of allylic oxidation sites excluding steroid dienone is 2. The van der Waals surface area contributed by atoms with Crippen LogP contribution in [0.3, 0.4) is 0 Å². The molecule has 36 heavy (non-hydrogen) atoms. The van der Waals surface area contributed by atoms with Crippen LogP contribution in [0.15, 0.2) is 28.9 Å². The maximum absolute atomic E-state index is 12.8. The van der Waals surface area contributed by atoms with Crippen LogP contribution in [0.5, 0.6) is 0 Å². The third-order valence-corrected chi connectivity index (χ3v) is 6.18. The number of carbonyl (C=O) groups is 3. The Bertz CT molecular complexity index is 1330. The molecule has 0 spiro atoms. The van der Waals surface area contributed by atoms with Gasteiger partial charge in [0.25, 0.3) is 0 Å². The molecule has 192 valence electrons. The zero-order valence-electron chi connectivity index (χ0n) is 19.5. The number of carbonyl (C=O) groups excluding carboxylic acids is 3. The second-order valence-electron chi connectivity index (χ2n) is 8.19. The van der Waals surface area contributed by atoms with Gasteiger partial charge in [0.2, 0.25) is 11.6 Å². The Balaban J connectivity index is 1.47. The molecular weight excluding hydrogens is 480 g/mol. The van der Waals surface area contributed by atoms with Gasteiger partial charge in [-0.05, 0) is 13.0 Å². The summed E-state index contributed by atoms with van der Waals surface area (Å²) in [6.07, 6.45) is -3.92. The minimum Gasteiger partial charge on any atom is -0.492 e. The largest absolute Gasteiger partial charge is 0.492 e. The van der Waals surface area contributed by atoms with Crippen LogP contribution in [0, 0.1) is 6.92 Å². The Morgan fingerprint density at radius 3 is 2.58 bits per heavy atom. The SMILES string of the molecule is COC1=CC(=O)c2c(c(COC(=O)Nc3ccn([C@@H]4O[C@H](CO)[C@@H](O)[C@@H]4O)c(=O)n3)c(C)n2C)C1=O. The predicted octanol–water partition coefficient (Wildman–Crippen LogP) is -0.840. The molecule has 1 aliphatic carbocycles. The average Bonchev–Trinajstić information content (AvgIpc) is 3.28. The first-order valence-corrected chi connectivity index (χ1v) is 10.8. The summed E-state index contributed by atoms with van der Waals surface area (Å²) >= 11 is 0. The van der Waals surface area contributed by atoms with E-state index in [1.165, 1.54) is 23.9 Å². The number of hydrogen-bond donors (Lipinski definition) is 4. The number of methoxy groups -OCH3 is 1. The molecule has 0 aromatic carbocycles. The molecule has 3 heterocycles. The van der Waals surface area contributed by atoms with Crippen molar-refractivity contribution in [3.8, 4) is 0 Å². The lowest BCUT2D eigenvalue weighted by atomic mass is 9.96. The van der Waals surface area contributed by atoms with Gasteiger partial charge in [0, 0.05) is 30.6 Å². The fraction of sp³-hybridized carbons (Fsp3) is 0.409. The Hall–Kier alpha value is -3.85. The molecular formula is C22H24N4O10. The van der Waals surface area contributed by atoms with Gasteiger partial charge in [-0.2, -0.15) is 4.98 Å². The predicted molar refractivity (Wildman–Crippen MR) is 119 cm³/mol. The molecule has 0 radical (unpaired) electrons. The van der Waals surface area contributed by atoms with Gasteiger partial charge >= 0.3 is 11.8 Å². The van der Waals surface area contributed by atoms with Crippen molar-refractivity contribution in [2.75, 3.05) is 19.0 Å². The van der Waals surface area contributed by atoms with Crippen molar-refractivity contribution in [3.63, 3.8) is 0 Å². The van der Waals surface area contributed by atoms with Crippen LogP contribution < -0.4 is 11.0 Å². The van der Waals surface area contributed by atoms with E-state index in [9.17, 15) is 34.5 Å². The zero-order chi connectivity index (χ0) is 26.3. The number of aliphatic hydroxyl groups is 3. The van der Waals surface area contributed by atoms with E-state index in [1.807, 2.05) is 0 Å². The van der Waals surface area contributed by atoms with Gasteiger partial charge in [0.05, 0.1) is 19.3 Å². The summed E-state index contributed by atoms with van der Waals surface area (Å²) in [6.45, 7) is 0.757. The monoisotopic (exact) mass is 504 g/mol. The number of fused-ring (bicyclic) bond motifs is 1. The first-order valence-electron chi connectivity index (χ1n) is 10.8. The second kappa shape index (κ2) is 9.66. The normalized spacial score (nSPS) is 23.3. The average molecular weight is 504 g/mol. The lowest BCUT2D eigenvalue weighted by Crippen LogP contribution is -2.36. The molecule has 1 fully saturated rings. The maximum atomic E-state index is 12.8. The number of aliphatic hydroxyl groups excluding tert-OH is 3. The highest BCUT2D eigenvalue weighted by Crippen LogP contribution is 2.30. The van der Waals surface area contributed by atoms with Gasteiger partial charge in [0.15, 0.2) is 12.0 Å². The van der Waals surface area contributed by atoms with E-state index in [4.69, 9.17) is 14.2 Å². The van der Waals surface area contributed by atoms with E-state index in [2.05, 4.69) is 10.3 Å². The fourth-order valence-electron chi connectivity index (χ4n) is 4.16. The van der Waals surface area contributed by atoms with Gasteiger partial charge < -0.3 is 34.1 Å². The van der Waals surface area contributed by atoms with Crippen molar-refractivity contribution >= 4 is 23.5 Å². The Kier molecular flexibility index (Phi) is 6.77. The zero-order valence-corrected chi connectivity index (χ0v) is 19.5. The third kappa shape index (κ3) is 4.19. The van der Waals surface area contributed by atoms with Crippen molar-refractivity contribution < 1.29 is 43.9 Å². The molecule has 0 saturated carbocycles. The van der Waals surface area contributed by atoms with E-state index in [0.717, 1.165) is 10.6 Å². The molecule has 14 nitrogen and oxygen atoms in total. The summed E-state index contributed by atoms with van der Waals surface area (Å²) in [5.74, 6) is -1.22. The van der Waals surface area contributed by atoms with Crippen LogP contribution in [-0.2, 0) is 27.9 Å². The quantitative estimate of drug-likeness (QED) is 0.383.